The summed E-state index contributed by atoms with van der Waals surface area (Å²) >= 11 is 10.6. The Kier molecular flexibility index (Phi) is 19.2. The predicted octanol–water partition coefficient (Wildman–Crippen LogP) is -0.214. The molecule has 22 heavy (non-hydrogen) atoms. The van der Waals surface area contributed by atoms with Crippen molar-refractivity contribution in [1.82, 2.24) is 5.32 Å². The molecule has 0 aromatic rings. The van der Waals surface area contributed by atoms with E-state index in [2.05, 4.69) is 10.6 Å². The molecule has 0 heterocycles. The second-order valence-corrected chi connectivity index (χ2v) is 4.43. The van der Waals surface area contributed by atoms with Crippen LogP contribution in [-0.4, -0.2) is 61.8 Å². The third-order valence-electron chi connectivity index (χ3n) is 2.31. The molecular weight excluding hydrogens is 415 g/mol. The third kappa shape index (κ3) is 11.6. The molecule has 0 saturated heterocycles. The quantitative estimate of drug-likeness (QED) is 0.270. The number of nitrogens with zero attached hydrogens (tertiary/aromatic N) is 1. The fraction of sp³-hybridized carbons (Fsp3) is 0.833. The van der Waals surface area contributed by atoms with Gasteiger partial charge in [0.15, 0.2) is 0 Å². The maximum atomic E-state index is 11.5. The molecule has 0 unspecified atom stereocenters. The molecule has 0 rings (SSSR count). The molecule has 0 aromatic carbocycles. The van der Waals surface area contributed by atoms with Crippen molar-refractivity contribution in [1.29, 1.82) is 0 Å². The number of esters is 2. The van der Waals surface area contributed by atoms with E-state index < -0.39 is 18.1 Å². The normalized spacial score (nSPS) is 12.5. The van der Waals surface area contributed by atoms with Gasteiger partial charge in [0.25, 0.3) is 5.97 Å². The van der Waals surface area contributed by atoms with Crippen LogP contribution >= 0.6 is 0 Å². The molecule has 0 bridgehead atoms. The van der Waals surface area contributed by atoms with Crippen LogP contribution in [-0.2, 0) is 66.7 Å². The summed E-state index contributed by atoms with van der Waals surface area (Å²) in [5.74, 6) is -0.372. The molecule has 0 aromatic heterocycles. The van der Waals surface area contributed by atoms with Gasteiger partial charge in [-0.25, -0.2) is 0 Å². The average Bonchev–Trinajstić information content (AvgIpc) is 2.53. The number of hydrogen-bond acceptors (Lipinski definition) is 8. The van der Waals surface area contributed by atoms with Gasteiger partial charge in [0.05, 0.1) is 19.3 Å². The fourth-order valence-electron chi connectivity index (χ4n) is 1.35. The van der Waals surface area contributed by atoms with Crippen LogP contribution in [0.15, 0.2) is 0 Å². The molecule has 0 amide bonds. The molecule has 2 atom stereocenters. The van der Waals surface area contributed by atoms with E-state index in [0.717, 1.165) is 18.9 Å². The summed E-state index contributed by atoms with van der Waals surface area (Å²) in [5.41, 5.74) is 0. The molecule has 7 nitrogen and oxygen atoms in total. The molecule has 0 fully saturated rings. The van der Waals surface area contributed by atoms with Crippen molar-refractivity contribution in [2.75, 3.05) is 37.8 Å². The molecule has 0 aliphatic rings. The monoisotopic (exact) mass is 436 g/mol. The van der Waals surface area contributed by atoms with Crippen LogP contribution in [0, 0.1) is 0 Å². The predicted molar refractivity (Wildman–Crippen MR) is 82.2 cm³/mol. The Morgan fingerprint density at radius 1 is 1.09 bits per heavy atom. The van der Waals surface area contributed by atoms with Crippen LogP contribution in [0.5, 0.6) is 0 Å². The Morgan fingerprint density at radius 3 is 2.09 bits per heavy atom. The topological polar surface area (TPSA) is 95.8 Å². The summed E-state index contributed by atoms with van der Waals surface area (Å²) in [6, 6.07) is -1.15. The Hall–Kier alpha value is 0.00935. The molecule has 0 aliphatic heterocycles. The van der Waals surface area contributed by atoms with Crippen molar-refractivity contribution in [3.63, 3.8) is 0 Å². The molecule has 1 N–H and O–H groups in total. The zero-order chi connectivity index (χ0) is 17.4. The number of carbonyl (C=O) groups is 2. The van der Waals surface area contributed by atoms with Crippen LogP contribution in [0.4, 0.5) is 0 Å². The van der Waals surface area contributed by atoms with Gasteiger partial charge in [0.2, 0.25) is 0 Å². The molecule has 0 radical (unpaired) electrons. The van der Waals surface area contributed by atoms with E-state index in [1.807, 2.05) is 0 Å². The minimum atomic E-state index is -0.628. The van der Waals surface area contributed by atoms with Crippen molar-refractivity contribution < 1.29 is 41.4 Å². The zero-order valence-electron chi connectivity index (χ0n) is 12.6. The number of carbonyl (C=O) groups excluding carboxylic acids is 2. The van der Waals surface area contributed by atoms with Gasteiger partial charge in [-0.15, -0.1) is 12.3 Å². The van der Waals surface area contributed by atoms with E-state index in [9.17, 15) is 9.59 Å². The second-order valence-electron chi connectivity index (χ2n) is 3.77. The van der Waals surface area contributed by atoms with Crippen molar-refractivity contribution in [3.05, 3.63) is 5.32 Å². The molecule has 0 aliphatic carbocycles. The van der Waals surface area contributed by atoms with Crippen molar-refractivity contribution in [2.24, 2.45) is 0 Å². The van der Waals surface area contributed by atoms with Gasteiger partial charge in [0.1, 0.15) is 0 Å². The number of ether oxygens (including phenoxy) is 2. The van der Waals surface area contributed by atoms with Crippen LogP contribution in [0.2, 0.25) is 0 Å². The summed E-state index contributed by atoms with van der Waals surface area (Å²) in [7, 11) is 0. The average molecular weight is 436 g/mol. The third-order valence-corrected chi connectivity index (χ3v) is 2.96. The van der Waals surface area contributed by atoms with Gasteiger partial charge >= 0.3 is 28.3 Å². The summed E-state index contributed by atoms with van der Waals surface area (Å²) in [6.07, 6.45) is 0. The van der Waals surface area contributed by atoms with Crippen molar-refractivity contribution in [2.45, 2.75) is 25.9 Å². The van der Waals surface area contributed by atoms with E-state index in [4.69, 9.17) is 38.2 Å². The molecular formula is C12H21N2O5S2Tc. The van der Waals surface area contributed by atoms with Crippen LogP contribution in [0.3, 0.4) is 0 Å². The zero-order valence-corrected chi connectivity index (χ0v) is 16.1. The number of nitrogens with one attached hydrogen (secondary N) is 1. The summed E-state index contributed by atoms with van der Waals surface area (Å²) in [4.78, 5) is 22.9. The first-order valence-electron chi connectivity index (χ1n) is 6.65. The Balaban J connectivity index is 0. The number of hydrogen-bond donors (Lipinski definition) is 1. The van der Waals surface area contributed by atoms with E-state index >= 15 is 0 Å². The van der Waals surface area contributed by atoms with Gasteiger partial charge in [-0.05, 0) is 20.4 Å². The van der Waals surface area contributed by atoms with Gasteiger partial charge in [-0.1, -0.05) is 6.04 Å². The van der Waals surface area contributed by atoms with Gasteiger partial charge < -0.3 is 45.4 Å². The SMILES string of the molecule is CCOC(=O)[C@H](C[S-])[N-]CCN[C@@H](C[S-])C(=O)OCC.[O]=[99Tc+3]. The van der Waals surface area contributed by atoms with Crippen LogP contribution in [0.1, 0.15) is 13.8 Å². The number of rotatable bonds is 11. The van der Waals surface area contributed by atoms with Crippen LogP contribution < -0.4 is 5.32 Å². The van der Waals surface area contributed by atoms with E-state index in [0.29, 0.717) is 26.3 Å². The van der Waals surface area contributed by atoms with Crippen molar-refractivity contribution >= 4 is 37.2 Å². The molecule has 0 spiro atoms. The molecule has 0 saturated carbocycles. The first kappa shape index (κ1) is 24.3. The standard InChI is InChI=1S/C12H23N2O4S2.O.Tc/c1-3-17-11(15)9(7-19)13-5-6-14-10(8-20)12(16)18-4-2;;/h9-10,13,19-20H,3-8H2,1-2H3;;/q-1;;+3/p-2/t9-,10-;;/m0../s1/i;;1+1. The Morgan fingerprint density at radius 2 is 1.64 bits per heavy atom. The maximum absolute atomic E-state index is 11.5. The summed E-state index contributed by atoms with van der Waals surface area (Å²) < 4.78 is 17.9. The minimum absolute atomic E-state index is 0.182. The van der Waals surface area contributed by atoms with Gasteiger partial charge in [-0.3, -0.25) is 9.59 Å². The van der Waals surface area contributed by atoms with Crippen LogP contribution in [0.25, 0.3) is 5.32 Å². The summed E-state index contributed by atoms with van der Waals surface area (Å²) in [6.45, 7) is 4.86. The van der Waals surface area contributed by atoms with Gasteiger partial charge in [0, 0.05) is 0 Å². The van der Waals surface area contributed by atoms with Crippen molar-refractivity contribution in [3.8, 4) is 0 Å². The van der Waals surface area contributed by atoms with E-state index in [1.165, 1.54) is 0 Å². The van der Waals surface area contributed by atoms with E-state index in [-0.39, 0.29) is 17.5 Å². The first-order chi connectivity index (χ1) is 10.6. The Bertz CT molecular complexity index is 285. The molecule has 128 valence electrons. The van der Waals surface area contributed by atoms with E-state index in [1.54, 1.807) is 13.8 Å². The second kappa shape index (κ2) is 17.4. The Labute approximate surface area is 152 Å². The van der Waals surface area contributed by atoms with Gasteiger partial charge in [-0.2, -0.15) is 5.75 Å². The first-order valence-corrected chi connectivity index (χ1v) is 8.56. The summed E-state index contributed by atoms with van der Waals surface area (Å²) in [5, 5.41) is 7.09. The molecule has 10 heteroatoms. The fourth-order valence-corrected chi connectivity index (χ4v) is 1.84.